The first kappa shape index (κ1) is 15.8. The van der Waals surface area contributed by atoms with Crippen LogP contribution in [0.4, 0.5) is 5.13 Å². The third-order valence-electron chi connectivity index (χ3n) is 3.64. The van der Waals surface area contributed by atoms with Crippen molar-refractivity contribution in [1.82, 2.24) is 10.2 Å². The lowest BCUT2D eigenvalue weighted by atomic mass is 10.1. The van der Waals surface area contributed by atoms with E-state index >= 15 is 0 Å². The number of benzene rings is 2. The molecule has 0 spiro atoms. The van der Waals surface area contributed by atoms with E-state index in [1.54, 1.807) is 24.3 Å². The number of carbonyl (C=O) groups excluding carboxylic acids is 1. The van der Waals surface area contributed by atoms with Crippen LogP contribution < -0.4 is 10.1 Å². The first-order valence-electron chi connectivity index (χ1n) is 7.52. The van der Waals surface area contributed by atoms with Crippen LogP contribution in [-0.2, 0) is 4.79 Å². The third kappa shape index (κ3) is 3.40. The molecule has 1 amide bonds. The predicted octanol–water partition coefficient (Wildman–Crippen LogP) is 4.27. The Hall–Kier alpha value is -2.70. The number of nitrogens with zero attached hydrogens (tertiary/aromatic N) is 2. The molecule has 25 heavy (non-hydrogen) atoms. The van der Waals surface area contributed by atoms with Gasteiger partial charge in [0, 0.05) is 16.1 Å². The summed E-state index contributed by atoms with van der Waals surface area (Å²) in [7, 11) is 0. The first-order chi connectivity index (χ1) is 12.2. The van der Waals surface area contributed by atoms with Crippen LogP contribution in [0.5, 0.6) is 5.75 Å². The highest BCUT2D eigenvalue weighted by Gasteiger charge is 2.19. The van der Waals surface area contributed by atoms with E-state index in [-0.39, 0.29) is 12.5 Å². The zero-order chi connectivity index (χ0) is 17.2. The molecule has 2 aromatic carbocycles. The average molecular weight is 370 g/mol. The van der Waals surface area contributed by atoms with Crippen molar-refractivity contribution in [3.63, 3.8) is 0 Å². The average Bonchev–Trinajstić information content (AvgIpc) is 3.10. The lowest BCUT2D eigenvalue weighted by molar-refractivity contribution is -0.113. The number of halogens is 1. The molecule has 1 aliphatic heterocycles. The Morgan fingerprint density at radius 2 is 2.00 bits per heavy atom. The Morgan fingerprint density at radius 1 is 1.16 bits per heavy atom. The molecule has 124 valence electrons. The van der Waals surface area contributed by atoms with Gasteiger partial charge in [0.2, 0.25) is 5.13 Å². The van der Waals surface area contributed by atoms with Crippen LogP contribution in [0.15, 0.2) is 54.1 Å². The Kier molecular flexibility index (Phi) is 4.21. The molecule has 4 rings (SSSR count). The number of aromatic nitrogens is 2. The molecule has 5 nitrogen and oxygen atoms in total. The van der Waals surface area contributed by atoms with Crippen molar-refractivity contribution in [2.24, 2.45) is 0 Å². The van der Waals surface area contributed by atoms with E-state index in [0.29, 0.717) is 21.5 Å². The van der Waals surface area contributed by atoms with E-state index in [1.165, 1.54) is 11.3 Å². The summed E-state index contributed by atoms with van der Waals surface area (Å²) >= 11 is 7.32. The second-order valence-electron chi connectivity index (χ2n) is 5.37. The SMILES string of the molecule is O=C(Nc1nnc(-c2ccccc2)s1)C1=Cc2cc(Cl)ccc2OC1. The van der Waals surface area contributed by atoms with E-state index in [1.807, 2.05) is 30.3 Å². The van der Waals surface area contributed by atoms with Gasteiger partial charge >= 0.3 is 0 Å². The normalized spacial score (nSPS) is 12.8. The second kappa shape index (κ2) is 6.66. The van der Waals surface area contributed by atoms with Gasteiger partial charge in [-0.15, -0.1) is 10.2 Å². The monoisotopic (exact) mass is 369 g/mol. The first-order valence-corrected chi connectivity index (χ1v) is 8.72. The van der Waals surface area contributed by atoms with Crippen LogP contribution in [0.1, 0.15) is 5.56 Å². The minimum Gasteiger partial charge on any atom is -0.488 e. The van der Waals surface area contributed by atoms with E-state index in [4.69, 9.17) is 16.3 Å². The van der Waals surface area contributed by atoms with Crippen molar-refractivity contribution in [3.8, 4) is 16.3 Å². The smallest absolute Gasteiger partial charge is 0.256 e. The van der Waals surface area contributed by atoms with Crippen LogP contribution in [-0.4, -0.2) is 22.7 Å². The molecular formula is C18H12ClN3O2S. The molecular weight excluding hydrogens is 358 g/mol. The zero-order valence-electron chi connectivity index (χ0n) is 12.9. The van der Waals surface area contributed by atoms with Crippen LogP contribution in [0, 0.1) is 0 Å². The summed E-state index contributed by atoms with van der Waals surface area (Å²) < 4.78 is 5.60. The van der Waals surface area contributed by atoms with Crippen molar-refractivity contribution in [3.05, 3.63) is 64.7 Å². The summed E-state index contributed by atoms with van der Waals surface area (Å²) in [6, 6.07) is 15.0. The number of nitrogens with one attached hydrogen (secondary N) is 1. The molecule has 3 aromatic rings. The summed E-state index contributed by atoms with van der Waals surface area (Å²) in [6.45, 7) is 0.199. The van der Waals surface area contributed by atoms with Crippen molar-refractivity contribution in [1.29, 1.82) is 0 Å². The largest absolute Gasteiger partial charge is 0.488 e. The highest BCUT2D eigenvalue weighted by molar-refractivity contribution is 7.18. The van der Waals surface area contributed by atoms with Gasteiger partial charge in [-0.3, -0.25) is 10.1 Å². The lowest BCUT2D eigenvalue weighted by Crippen LogP contribution is -2.21. The standard InChI is InChI=1S/C18H12ClN3O2S/c19-14-6-7-15-12(9-14)8-13(10-24-15)16(23)20-18-22-21-17(25-18)11-4-2-1-3-5-11/h1-9H,10H2,(H,20,22,23). The molecule has 2 heterocycles. The highest BCUT2D eigenvalue weighted by Crippen LogP contribution is 2.30. The van der Waals surface area contributed by atoms with Gasteiger partial charge in [-0.25, -0.2) is 0 Å². The molecule has 0 fully saturated rings. The van der Waals surface area contributed by atoms with Gasteiger partial charge in [-0.05, 0) is 24.3 Å². The van der Waals surface area contributed by atoms with Crippen LogP contribution >= 0.6 is 22.9 Å². The maximum atomic E-state index is 12.5. The fourth-order valence-corrected chi connectivity index (χ4v) is 3.35. The van der Waals surface area contributed by atoms with Crippen molar-refractivity contribution in [2.75, 3.05) is 11.9 Å². The van der Waals surface area contributed by atoms with Crippen molar-refractivity contribution in [2.45, 2.75) is 0 Å². The molecule has 0 saturated carbocycles. The Labute approximate surface area is 152 Å². The van der Waals surface area contributed by atoms with E-state index in [9.17, 15) is 4.79 Å². The van der Waals surface area contributed by atoms with Crippen LogP contribution in [0.2, 0.25) is 5.02 Å². The van der Waals surface area contributed by atoms with Gasteiger partial charge in [-0.1, -0.05) is 53.3 Å². The number of hydrogen-bond acceptors (Lipinski definition) is 5. The third-order valence-corrected chi connectivity index (χ3v) is 4.77. The highest BCUT2D eigenvalue weighted by atomic mass is 35.5. The van der Waals surface area contributed by atoms with Crippen molar-refractivity contribution < 1.29 is 9.53 Å². The molecule has 1 N–H and O–H groups in total. The minimum absolute atomic E-state index is 0.199. The topological polar surface area (TPSA) is 64.1 Å². The number of hydrogen-bond donors (Lipinski definition) is 1. The number of fused-ring (bicyclic) bond motifs is 1. The molecule has 1 aliphatic rings. The molecule has 0 saturated heterocycles. The van der Waals surface area contributed by atoms with Gasteiger partial charge in [0.15, 0.2) is 0 Å². The van der Waals surface area contributed by atoms with Gasteiger partial charge < -0.3 is 4.74 Å². The Morgan fingerprint density at radius 3 is 2.84 bits per heavy atom. The van der Waals surface area contributed by atoms with Gasteiger partial charge in [0.1, 0.15) is 17.4 Å². The molecule has 0 radical (unpaired) electrons. The second-order valence-corrected chi connectivity index (χ2v) is 6.79. The lowest BCUT2D eigenvalue weighted by Gasteiger charge is -2.17. The number of ether oxygens (including phenoxy) is 1. The maximum Gasteiger partial charge on any atom is 0.256 e. The molecule has 0 bridgehead atoms. The van der Waals surface area contributed by atoms with Crippen LogP contribution in [0.25, 0.3) is 16.6 Å². The molecule has 1 aromatic heterocycles. The molecule has 0 unspecified atom stereocenters. The fourth-order valence-electron chi connectivity index (χ4n) is 2.43. The summed E-state index contributed by atoms with van der Waals surface area (Å²) in [4.78, 5) is 12.5. The number of carbonyl (C=O) groups is 1. The van der Waals surface area contributed by atoms with E-state index in [2.05, 4.69) is 15.5 Å². The minimum atomic E-state index is -0.263. The Bertz CT molecular complexity index is 969. The summed E-state index contributed by atoms with van der Waals surface area (Å²) in [5, 5.41) is 12.7. The predicted molar refractivity (Wildman–Crippen MR) is 98.9 cm³/mol. The number of amides is 1. The molecule has 0 atom stereocenters. The summed E-state index contributed by atoms with van der Waals surface area (Å²) in [5.74, 6) is 0.449. The van der Waals surface area contributed by atoms with Gasteiger partial charge in [-0.2, -0.15) is 0 Å². The molecule has 7 heteroatoms. The Balaban J connectivity index is 1.52. The fraction of sp³-hybridized carbons (Fsp3) is 0.0556. The van der Waals surface area contributed by atoms with Gasteiger partial charge in [0.25, 0.3) is 5.91 Å². The van der Waals surface area contributed by atoms with Crippen LogP contribution in [0.3, 0.4) is 0 Å². The maximum absolute atomic E-state index is 12.5. The van der Waals surface area contributed by atoms with Crippen molar-refractivity contribution >= 4 is 40.1 Å². The molecule has 0 aliphatic carbocycles. The quantitative estimate of drug-likeness (QED) is 0.748. The number of anilines is 1. The summed E-state index contributed by atoms with van der Waals surface area (Å²) in [6.07, 6.45) is 1.78. The van der Waals surface area contributed by atoms with Gasteiger partial charge in [0.05, 0.1) is 5.57 Å². The van der Waals surface area contributed by atoms with E-state index < -0.39 is 0 Å². The van der Waals surface area contributed by atoms with E-state index in [0.717, 1.165) is 16.1 Å². The summed E-state index contributed by atoms with van der Waals surface area (Å²) in [5.41, 5.74) is 2.25. The zero-order valence-corrected chi connectivity index (χ0v) is 14.5. The number of rotatable bonds is 3.